The topological polar surface area (TPSA) is 20.2 Å². The van der Waals surface area contributed by atoms with E-state index in [0.717, 1.165) is 0 Å². The molecule has 0 heterocycles. The number of benzene rings is 1. The third kappa shape index (κ3) is 1.86. The van der Waals surface area contributed by atoms with Crippen molar-refractivity contribution in [1.29, 1.82) is 0 Å². The second-order valence-electron chi connectivity index (χ2n) is 1.35. The molecule has 2 atom stereocenters. The standard InChI is InChI=1S/C8H10O/c9-7-6-8-4-2-1-3-5-8/h1-5,9H,6-7H2/i1D,2D,3D,4D,5D,6D,7D. The van der Waals surface area contributed by atoms with Crippen LogP contribution < -0.4 is 0 Å². The van der Waals surface area contributed by atoms with Crippen LogP contribution in [0, 0.1) is 0 Å². The first-order valence-corrected chi connectivity index (χ1v) is 2.38. The highest BCUT2D eigenvalue weighted by Gasteiger charge is 1.85. The van der Waals surface area contributed by atoms with Crippen LogP contribution in [0.4, 0.5) is 0 Å². The van der Waals surface area contributed by atoms with Crippen molar-refractivity contribution in [3.63, 3.8) is 0 Å². The minimum Gasteiger partial charge on any atom is -0.396 e. The third-order valence-electron chi connectivity index (χ3n) is 0.761. The maximum absolute atomic E-state index is 8.92. The molecule has 0 saturated carbocycles. The molecular formula is C8H10O. The van der Waals surface area contributed by atoms with E-state index in [1.54, 1.807) is 0 Å². The highest BCUT2D eigenvalue weighted by atomic mass is 16.2. The maximum Gasteiger partial charge on any atom is 0.0626 e. The normalized spacial score (nSPS) is 27.4. The van der Waals surface area contributed by atoms with Crippen LogP contribution in [-0.2, 0) is 6.40 Å². The van der Waals surface area contributed by atoms with Crippen LogP contribution in [0.1, 0.15) is 15.2 Å². The summed E-state index contributed by atoms with van der Waals surface area (Å²) in [4.78, 5) is 0. The van der Waals surface area contributed by atoms with Crippen molar-refractivity contribution in [2.75, 3.05) is 6.58 Å². The van der Waals surface area contributed by atoms with E-state index < -0.39 is 43.2 Å². The number of rotatable bonds is 2. The van der Waals surface area contributed by atoms with E-state index in [1.165, 1.54) is 0 Å². The fraction of sp³-hybridized carbons (Fsp3) is 0.250. The van der Waals surface area contributed by atoms with Crippen LogP contribution in [0.3, 0.4) is 0 Å². The van der Waals surface area contributed by atoms with Crippen molar-refractivity contribution >= 4 is 0 Å². The summed E-state index contributed by atoms with van der Waals surface area (Å²) in [7, 11) is 0. The molecule has 2 unspecified atom stereocenters. The summed E-state index contributed by atoms with van der Waals surface area (Å²) in [5.74, 6) is 0. The molecule has 0 aromatic heterocycles. The van der Waals surface area contributed by atoms with Gasteiger partial charge in [0.05, 0.1) is 8.22 Å². The molecule has 0 bridgehead atoms. The summed E-state index contributed by atoms with van der Waals surface area (Å²) in [6.07, 6.45) is -1.58. The zero-order valence-electron chi connectivity index (χ0n) is 11.6. The van der Waals surface area contributed by atoms with Crippen LogP contribution in [-0.4, -0.2) is 11.7 Å². The Balaban J connectivity index is 3.51. The Kier molecular flexibility index (Phi) is 0.662. The van der Waals surface area contributed by atoms with Gasteiger partial charge in [-0.05, 0) is 12.0 Å². The highest BCUT2D eigenvalue weighted by molar-refractivity contribution is 5.14. The molecule has 0 saturated heterocycles. The Bertz CT molecular complexity index is 388. The first-order chi connectivity index (χ1) is 7.29. The van der Waals surface area contributed by atoms with Gasteiger partial charge in [-0.25, -0.2) is 0 Å². The van der Waals surface area contributed by atoms with Crippen molar-refractivity contribution in [3.05, 3.63) is 35.8 Å². The molecule has 48 valence electrons. The average molecular weight is 129 g/mol. The molecule has 1 N–H and O–H groups in total. The first-order valence-electron chi connectivity index (χ1n) is 6.03. The van der Waals surface area contributed by atoms with Crippen molar-refractivity contribution in [2.45, 2.75) is 6.40 Å². The molecule has 0 amide bonds. The zero-order valence-corrected chi connectivity index (χ0v) is 4.60. The van der Waals surface area contributed by atoms with Gasteiger partial charge in [0.1, 0.15) is 0 Å². The van der Waals surface area contributed by atoms with E-state index in [0.29, 0.717) is 0 Å². The van der Waals surface area contributed by atoms with Crippen molar-refractivity contribution < 1.29 is 14.7 Å². The number of aliphatic hydroxyl groups excluding tert-OH is 1. The van der Waals surface area contributed by atoms with E-state index in [4.69, 9.17) is 14.7 Å². The van der Waals surface area contributed by atoms with Crippen LogP contribution in [0.5, 0.6) is 0 Å². The molecule has 1 rings (SSSR count). The lowest BCUT2D eigenvalue weighted by molar-refractivity contribution is 0.299. The van der Waals surface area contributed by atoms with Crippen LogP contribution in [0.25, 0.3) is 0 Å². The lowest BCUT2D eigenvalue weighted by Crippen LogP contribution is -1.88. The van der Waals surface area contributed by atoms with E-state index in [9.17, 15) is 0 Å². The summed E-state index contributed by atoms with van der Waals surface area (Å²) >= 11 is 0. The Hall–Kier alpha value is -0.820. The second kappa shape index (κ2) is 3.25. The third-order valence-corrected chi connectivity index (χ3v) is 0.761. The summed E-state index contributed by atoms with van der Waals surface area (Å²) in [5.41, 5.74) is -0.353. The Morgan fingerprint density at radius 1 is 1.44 bits per heavy atom. The number of hydrogen-bond acceptors (Lipinski definition) is 1. The second-order valence-corrected chi connectivity index (χ2v) is 1.35. The summed E-state index contributed by atoms with van der Waals surface area (Å²) in [6, 6.07) is -2.76. The highest BCUT2D eigenvalue weighted by Crippen LogP contribution is 1.97. The Morgan fingerprint density at radius 2 is 2.11 bits per heavy atom. The van der Waals surface area contributed by atoms with E-state index in [-0.39, 0.29) is 5.56 Å². The predicted octanol–water partition coefficient (Wildman–Crippen LogP) is 1.22. The molecule has 0 spiro atoms. The lowest BCUT2D eigenvalue weighted by Gasteiger charge is -1.93. The summed E-state index contributed by atoms with van der Waals surface area (Å²) in [6.45, 7) is -1.84. The molecule has 1 aromatic carbocycles. The van der Waals surface area contributed by atoms with Gasteiger partial charge in [0.25, 0.3) is 0 Å². The van der Waals surface area contributed by atoms with Crippen molar-refractivity contribution in [2.24, 2.45) is 0 Å². The van der Waals surface area contributed by atoms with Gasteiger partial charge in [0.2, 0.25) is 0 Å². The summed E-state index contributed by atoms with van der Waals surface area (Å²) < 4.78 is 51.3. The van der Waals surface area contributed by atoms with Gasteiger partial charge in [0, 0.05) is 7.95 Å². The Labute approximate surface area is 64.8 Å². The first kappa shape index (κ1) is 1.83. The Morgan fingerprint density at radius 3 is 2.67 bits per heavy atom. The largest absolute Gasteiger partial charge is 0.396 e. The molecule has 0 aliphatic carbocycles. The SMILES string of the molecule is [2H]c1c([2H])c([2H])c(C([2H])C([2H])O)c([2H])c1[2H]. The molecule has 1 aromatic rings. The average Bonchev–Trinajstić information content (AvgIpc) is 2.23. The maximum atomic E-state index is 8.92. The van der Waals surface area contributed by atoms with E-state index >= 15 is 0 Å². The van der Waals surface area contributed by atoms with Crippen LogP contribution in [0.15, 0.2) is 30.2 Å². The molecule has 0 radical (unpaired) electrons. The molecular weight excluding hydrogens is 112 g/mol. The molecule has 1 heteroatoms. The van der Waals surface area contributed by atoms with Gasteiger partial charge in [-0.2, -0.15) is 0 Å². The smallest absolute Gasteiger partial charge is 0.0626 e. The molecule has 0 fully saturated rings. The monoisotopic (exact) mass is 129 g/mol. The van der Waals surface area contributed by atoms with Gasteiger partial charge in [-0.1, -0.05) is 30.2 Å². The minimum atomic E-state index is -1.84. The quantitative estimate of drug-likeness (QED) is 0.636. The number of aliphatic hydroxyl groups is 1. The van der Waals surface area contributed by atoms with Gasteiger partial charge in [-0.3, -0.25) is 0 Å². The van der Waals surface area contributed by atoms with Gasteiger partial charge in [0.15, 0.2) is 0 Å². The van der Waals surface area contributed by atoms with Crippen LogP contribution >= 0.6 is 0 Å². The van der Waals surface area contributed by atoms with Crippen molar-refractivity contribution in [1.82, 2.24) is 0 Å². The molecule has 9 heavy (non-hydrogen) atoms. The number of hydrogen-bond donors (Lipinski definition) is 1. The predicted molar refractivity (Wildman–Crippen MR) is 37.2 cm³/mol. The van der Waals surface area contributed by atoms with E-state index in [2.05, 4.69) is 0 Å². The van der Waals surface area contributed by atoms with Gasteiger partial charge < -0.3 is 5.11 Å². The zero-order chi connectivity index (χ0) is 12.6. The van der Waals surface area contributed by atoms with E-state index in [1.807, 2.05) is 0 Å². The van der Waals surface area contributed by atoms with Gasteiger partial charge in [-0.15, -0.1) is 0 Å². The fourth-order valence-corrected chi connectivity index (χ4v) is 0.418. The van der Waals surface area contributed by atoms with Gasteiger partial charge >= 0.3 is 0 Å². The summed E-state index contributed by atoms with van der Waals surface area (Å²) in [5, 5.41) is 8.92. The lowest BCUT2D eigenvalue weighted by atomic mass is 10.2. The molecule has 1 nitrogen and oxygen atoms in total. The molecule has 0 aliphatic heterocycles. The molecule has 0 aliphatic rings. The van der Waals surface area contributed by atoms with Crippen molar-refractivity contribution in [3.8, 4) is 0 Å². The van der Waals surface area contributed by atoms with Crippen LogP contribution in [0.2, 0.25) is 0 Å². The minimum absolute atomic E-state index is 0.353. The fourth-order valence-electron chi connectivity index (χ4n) is 0.418.